The van der Waals surface area contributed by atoms with E-state index in [-0.39, 0.29) is 24.8 Å². The maximum absolute atomic E-state index is 12.9. The monoisotopic (exact) mass is 281 g/mol. The molecule has 1 aromatic rings. The van der Waals surface area contributed by atoms with Crippen molar-refractivity contribution in [1.82, 2.24) is 4.90 Å². The van der Waals surface area contributed by atoms with E-state index in [1.54, 1.807) is 6.07 Å². The average molecular weight is 281 g/mol. The van der Waals surface area contributed by atoms with Crippen molar-refractivity contribution in [2.45, 2.75) is 12.8 Å². The van der Waals surface area contributed by atoms with Crippen LogP contribution in [0.25, 0.3) is 0 Å². The van der Waals surface area contributed by atoms with E-state index in [9.17, 15) is 14.0 Å². The van der Waals surface area contributed by atoms with Crippen LogP contribution in [0.1, 0.15) is 12.8 Å². The van der Waals surface area contributed by atoms with Crippen LogP contribution in [0.4, 0.5) is 4.39 Å². The Labute approximate surface area is 116 Å². The van der Waals surface area contributed by atoms with Gasteiger partial charge in [-0.05, 0) is 25.0 Å². The first-order chi connectivity index (χ1) is 9.56. The number of amides is 1. The molecule has 1 fully saturated rings. The van der Waals surface area contributed by atoms with E-state index in [1.807, 2.05) is 0 Å². The summed E-state index contributed by atoms with van der Waals surface area (Å²) >= 11 is 0. The largest absolute Gasteiger partial charge is 0.484 e. The fraction of sp³-hybridized carbons (Fsp3) is 0.429. The molecule has 1 N–H and O–H groups in total. The molecular formula is C14H16FNO4. The lowest BCUT2D eigenvalue weighted by Gasteiger charge is -2.30. The van der Waals surface area contributed by atoms with Gasteiger partial charge in [0.2, 0.25) is 0 Å². The molecule has 1 aliphatic heterocycles. The molecular weight excluding hydrogens is 265 g/mol. The Morgan fingerprint density at radius 3 is 2.95 bits per heavy atom. The van der Waals surface area contributed by atoms with E-state index >= 15 is 0 Å². The van der Waals surface area contributed by atoms with Crippen molar-refractivity contribution < 1.29 is 23.8 Å². The van der Waals surface area contributed by atoms with Gasteiger partial charge >= 0.3 is 5.97 Å². The third-order valence-electron chi connectivity index (χ3n) is 3.28. The number of carboxylic acid groups (broad SMARTS) is 1. The first-order valence-corrected chi connectivity index (χ1v) is 6.45. The third-order valence-corrected chi connectivity index (χ3v) is 3.28. The molecule has 0 saturated carbocycles. The van der Waals surface area contributed by atoms with Crippen LogP contribution in [0.5, 0.6) is 5.75 Å². The van der Waals surface area contributed by atoms with Crippen molar-refractivity contribution in [1.29, 1.82) is 0 Å². The normalized spacial score (nSPS) is 18.6. The summed E-state index contributed by atoms with van der Waals surface area (Å²) in [5, 5.41) is 8.97. The van der Waals surface area contributed by atoms with E-state index in [1.165, 1.54) is 23.1 Å². The van der Waals surface area contributed by atoms with Gasteiger partial charge < -0.3 is 14.7 Å². The number of rotatable bonds is 4. The highest BCUT2D eigenvalue weighted by Gasteiger charge is 2.28. The maximum Gasteiger partial charge on any atom is 0.308 e. The molecule has 1 amide bonds. The molecule has 0 aromatic heterocycles. The Balaban J connectivity index is 1.87. The van der Waals surface area contributed by atoms with Crippen LogP contribution < -0.4 is 4.74 Å². The van der Waals surface area contributed by atoms with E-state index in [0.29, 0.717) is 19.4 Å². The smallest absolute Gasteiger partial charge is 0.308 e. The first-order valence-electron chi connectivity index (χ1n) is 6.45. The summed E-state index contributed by atoms with van der Waals surface area (Å²) in [7, 11) is 0. The number of benzene rings is 1. The summed E-state index contributed by atoms with van der Waals surface area (Å²) < 4.78 is 18.2. The number of ether oxygens (including phenoxy) is 1. The summed E-state index contributed by atoms with van der Waals surface area (Å²) in [6, 6.07) is 5.55. The van der Waals surface area contributed by atoms with Crippen molar-refractivity contribution in [2.75, 3.05) is 19.7 Å². The van der Waals surface area contributed by atoms with Crippen molar-refractivity contribution in [3.63, 3.8) is 0 Å². The second kappa shape index (κ2) is 6.36. The Bertz CT molecular complexity index is 506. The van der Waals surface area contributed by atoms with E-state index in [2.05, 4.69) is 0 Å². The number of nitrogens with zero attached hydrogens (tertiary/aromatic N) is 1. The summed E-state index contributed by atoms with van der Waals surface area (Å²) in [6.07, 6.45) is 1.26. The van der Waals surface area contributed by atoms with Gasteiger partial charge in [-0.2, -0.15) is 0 Å². The van der Waals surface area contributed by atoms with Gasteiger partial charge in [0.25, 0.3) is 5.91 Å². The van der Waals surface area contributed by atoms with Crippen LogP contribution >= 0.6 is 0 Å². The number of likely N-dealkylation sites (tertiary alicyclic amines) is 1. The van der Waals surface area contributed by atoms with Crippen molar-refractivity contribution >= 4 is 11.9 Å². The second-order valence-corrected chi connectivity index (χ2v) is 4.76. The predicted molar refractivity (Wildman–Crippen MR) is 68.8 cm³/mol. The summed E-state index contributed by atoms with van der Waals surface area (Å²) in [4.78, 5) is 24.4. The minimum atomic E-state index is -0.881. The Morgan fingerprint density at radius 1 is 1.45 bits per heavy atom. The van der Waals surface area contributed by atoms with Gasteiger partial charge in [-0.15, -0.1) is 0 Å². The van der Waals surface area contributed by atoms with Crippen molar-refractivity contribution in [3.05, 3.63) is 30.1 Å². The summed E-state index contributed by atoms with van der Waals surface area (Å²) in [5.74, 6) is -1.82. The zero-order valence-corrected chi connectivity index (χ0v) is 10.9. The predicted octanol–water partition coefficient (Wildman–Crippen LogP) is 1.53. The molecule has 0 aliphatic carbocycles. The molecule has 0 unspecified atom stereocenters. The van der Waals surface area contributed by atoms with Crippen molar-refractivity contribution in [2.24, 2.45) is 5.92 Å². The molecule has 108 valence electrons. The lowest BCUT2D eigenvalue weighted by Crippen LogP contribution is -2.44. The zero-order chi connectivity index (χ0) is 14.5. The molecule has 1 atom stereocenters. The van der Waals surface area contributed by atoms with Crippen LogP contribution in [-0.4, -0.2) is 41.6 Å². The molecule has 1 saturated heterocycles. The number of piperidine rings is 1. The third kappa shape index (κ3) is 3.69. The molecule has 6 heteroatoms. The summed E-state index contributed by atoms with van der Waals surface area (Å²) in [5.41, 5.74) is 0. The minimum absolute atomic E-state index is 0.209. The summed E-state index contributed by atoms with van der Waals surface area (Å²) in [6.45, 7) is 0.533. The van der Waals surface area contributed by atoms with Crippen molar-refractivity contribution in [3.8, 4) is 5.75 Å². The van der Waals surface area contributed by atoms with Gasteiger partial charge in [-0.1, -0.05) is 6.07 Å². The van der Waals surface area contributed by atoms with Gasteiger partial charge in [-0.3, -0.25) is 9.59 Å². The molecule has 1 aliphatic rings. The second-order valence-electron chi connectivity index (χ2n) is 4.76. The number of hydrogen-bond donors (Lipinski definition) is 1. The van der Waals surface area contributed by atoms with Gasteiger partial charge in [0.05, 0.1) is 5.92 Å². The van der Waals surface area contributed by atoms with Gasteiger partial charge in [0.15, 0.2) is 6.61 Å². The Morgan fingerprint density at radius 2 is 2.25 bits per heavy atom. The maximum atomic E-state index is 12.9. The van der Waals surface area contributed by atoms with Gasteiger partial charge in [0.1, 0.15) is 11.6 Å². The number of halogens is 1. The van der Waals surface area contributed by atoms with Crippen LogP contribution in [0, 0.1) is 11.7 Å². The van der Waals surface area contributed by atoms with Gasteiger partial charge in [0, 0.05) is 19.2 Å². The Hall–Kier alpha value is -2.11. The molecule has 20 heavy (non-hydrogen) atoms. The van der Waals surface area contributed by atoms with Gasteiger partial charge in [-0.25, -0.2) is 4.39 Å². The number of carbonyl (C=O) groups excluding carboxylic acids is 1. The van der Waals surface area contributed by atoms with E-state index in [4.69, 9.17) is 9.84 Å². The lowest BCUT2D eigenvalue weighted by molar-refractivity contribution is -0.146. The molecule has 1 heterocycles. The Kier molecular flexibility index (Phi) is 4.55. The average Bonchev–Trinajstić information content (AvgIpc) is 2.45. The number of carboxylic acids is 1. The highest BCUT2D eigenvalue weighted by Crippen LogP contribution is 2.17. The molecule has 2 rings (SSSR count). The standard InChI is InChI=1S/C14H16FNO4/c15-11-4-1-5-12(7-11)20-9-13(17)16-6-2-3-10(8-16)14(18)19/h1,4-5,7,10H,2-3,6,8-9H2,(H,18,19)/t10-/m1/s1. The molecule has 1 aromatic carbocycles. The van der Waals surface area contributed by atoms with Crippen LogP contribution in [0.2, 0.25) is 0 Å². The minimum Gasteiger partial charge on any atom is -0.484 e. The highest BCUT2D eigenvalue weighted by molar-refractivity contribution is 5.79. The number of carbonyl (C=O) groups is 2. The van der Waals surface area contributed by atoms with Crippen LogP contribution in [0.3, 0.4) is 0 Å². The number of hydrogen-bond acceptors (Lipinski definition) is 3. The van der Waals surface area contributed by atoms with Crippen LogP contribution in [-0.2, 0) is 9.59 Å². The fourth-order valence-corrected chi connectivity index (χ4v) is 2.20. The lowest BCUT2D eigenvalue weighted by atomic mass is 9.98. The molecule has 0 spiro atoms. The molecule has 5 nitrogen and oxygen atoms in total. The van der Waals surface area contributed by atoms with E-state index in [0.717, 1.165) is 0 Å². The first kappa shape index (κ1) is 14.3. The molecule has 0 radical (unpaired) electrons. The zero-order valence-electron chi connectivity index (χ0n) is 10.9. The van der Waals surface area contributed by atoms with Crippen LogP contribution in [0.15, 0.2) is 24.3 Å². The number of aliphatic carboxylic acids is 1. The fourth-order valence-electron chi connectivity index (χ4n) is 2.20. The quantitative estimate of drug-likeness (QED) is 0.908. The SMILES string of the molecule is O=C(O)[C@@H]1CCCN(C(=O)COc2cccc(F)c2)C1. The topological polar surface area (TPSA) is 66.8 Å². The molecule has 0 bridgehead atoms. The van der Waals surface area contributed by atoms with E-state index < -0.39 is 17.7 Å². The highest BCUT2D eigenvalue weighted by atomic mass is 19.1.